The van der Waals surface area contributed by atoms with Crippen LogP contribution in [0.15, 0.2) is 35.5 Å². The second-order valence-electron chi connectivity index (χ2n) is 9.35. The molecule has 3 fully saturated rings. The number of carbonyl (C=O) groups excluding carboxylic acids is 2. The summed E-state index contributed by atoms with van der Waals surface area (Å²) < 4.78 is 12.3. The van der Waals surface area contributed by atoms with Crippen LogP contribution in [0.4, 0.5) is 0 Å². The molecular formula is C23H28N2O5. The van der Waals surface area contributed by atoms with E-state index in [-0.39, 0.29) is 24.2 Å². The summed E-state index contributed by atoms with van der Waals surface area (Å²) in [4.78, 5) is 33.9. The zero-order chi connectivity index (χ0) is 21.0. The van der Waals surface area contributed by atoms with Gasteiger partial charge in [-0.15, -0.1) is 0 Å². The number of oxime groups is 1. The molecule has 3 aliphatic heterocycles. The van der Waals surface area contributed by atoms with Gasteiger partial charge in [0.1, 0.15) is 11.5 Å². The van der Waals surface area contributed by atoms with Gasteiger partial charge in [-0.25, -0.2) is 0 Å². The van der Waals surface area contributed by atoms with Gasteiger partial charge in [0, 0.05) is 12.8 Å². The Bertz CT molecular complexity index is 890. The summed E-state index contributed by atoms with van der Waals surface area (Å²) in [6.45, 7) is 4.03. The van der Waals surface area contributed by atoms with Gasteiger partial charge < -0.3 is 14.3 Å². The molecule has 0 aromatic heterocycles. The van der Waals surface area contributed by atoms with Crippen molar-refractivity contribution in [2.75, 3.05) is 6.61 Å². The molecule has 1 amide bonds. The average Bonchev–Trinajstić information content (AvgIpc) is 3.40. The molecule has 1 aromatic carbocycles. The van der Waals surface area contributed by atoms with E-state index in [0.717, 1.165) is 31.2 Å². The van der Waals surface area contributed by atoms with Crippen molar-refractivity contribution >= 4 is 17.4 Å². The number of benzene rings is 1. The number of hydrogen-bond donors (Lipinski definition) is 0. The van der Waals surface area contributed by atoms with Crippen molar-refractivity contribution in [1.82, 2.24) is 4.90 Å². The Morgan fingerprint density at radius 2 is 1.83 bits per heavy atom. The number of amides is 1. The standard InChI is InChI=1S/C23H28N2O5/c1-21(2)19(26)23(25(20(21)27)14-16-9-5-3-6-10-16)13-17(24-30-23)18-15-28-22(29-18)11-7-4-8-12-22/h3,5-6,9-10,18H,4,7-8,11-15H2,1-2H3. The molecule has 7 heteroatoms. The number of rotatable bonds is 3. The lowest BCUT2D eigenvalue weighted by Gasteiger charge is -2.32. The van der Waals surface area contributed by atoms with Crippen molar-refractivity contribution in [2.45, 2.75) is 76.5 Å². The van der Waals surface area contributed by atoms with Gasteiger partial charge in [-0.05, 0) is 32.3 Å². The van der Waals surface area contributed by atoms with Gasteiger partial charge >= 0.3 is 0 Å². The fraction of sp³-hybridized carbons (Fsp3) is 0.609. The molecule has 2 saturated heterocycles. The molecule has 7 nitrogen and oxygen atoms in total. The summed E-state index contributed by atoms with van der Waals surface area (Å²) in [7, 11) is 0. The lowest BCUT2D eigenvalue weighted by Crippen LogP contribution is -2.50. The maximum atomic E-state index is 13.4. The zero-order valence-corrected chi connectivity index (χ0v) is 17.6. The topological polar surface area (TPSA) is 77.4 Å². The summed E-state index contributed by atoms with van der Waals surface area (Å²) >= 11 is 0. The minimum absolute atomic E-state index is 0.220. The number of ether oxygens (including phenoxy) is 2. The van der Waals surface area contributed by atoms with Crippen molar-refractivity contribution in [3.63, 3.8) is 0 Å². The Labute approximate surface area is 176 Å². The zero-order valence-electron chi connectivity index (χ0n) is 17.6. The molecular weight excluding hydrogens is 384 g/mol. The van der Waals surface area contributed by atoms with Crippen LogP contribution in [-0.4, -0.2) is 46.5 Å². The normalized spacial score (nSPS) is 32.1. The highest BCUT2D eigenvalue weighted by Gasteiger charge is 2.67. The van der Waals surface area contributed by atoms with Crippen molar-refractivity contribution in [1.29, 1.82) is 0 Å². The molecule has 0 bridgehead atoms. The first-order chi connectivity index (χ1) is 14.4. The second-order valence-corrected chi connectivity index (χ2v) is 9.35. The number of likely N-dealkylation sites (tertiary alicyclic amines) is 1. The largest absolute Gasteiger partial charge is 0.358 e. The average molecular weight is 412 g/mol. The maximum Gasteiger partial charge on any atom is 0.277 e. The Morgan fingerprint density at radius 1 is 1.10 bits per heavy atom. The molecule has 5 rings (SSSR count). The second kappa shape index (κ2) is 6.89. The minimum atomic E-state index is -1.41. The van der Waals surface area contributed by atoms with E-state index in [0.29, 0.717) is 18.9 Å². The van der Waals surface area contributed by atoms with Gasteiger partial charge in [-0.3, -0.25) is 14.5 Å². The fourth-order valence-electron chi connectivity index (χ4n) is 5.13. The lowest BCUT2D eigenvalue weighted by molar-refractivity contribution is -0.181. The van der Waals surface area contributed by atoms with Gasteiger partial charge in [0.05, 0.1) is 25.3 Å². The minimum Gasteiger partial charge on any atom is -0.358 e. The highest BCUT2D eigenvalue weighted by molar-refractivity contribution is 6.17. The molecule has 1 aromatic rings. The van der Waals surface area contributed by atoms with Crippen LogP contribution in [0.3, 0.4) is 0 Å². The Kier molecular flexibility index (Phi) is 4.52. The van der Waals surface area contributed by atoms with E-state index in [1.165, 1.54) is 6.42 Å². The molecule has 160 valence electrons. The van der Waals surface area contributed by atoms with Gasteiger partial charge in [0.25, 0.3) is 5.72 Å². The number of hydrogen-bond acceptors (Lipinski definition) is 6. The van der Waals surface area contributed by atoms with Gasteiger partial charge in [0.2, 0.25) is 11.7 Å². The van der Waals surface area contributed by atoms with Gasteiger partial charge in [0.15, 0.2) is 5.79 Å². The van der Waals surface area contributed by atoms with Crippen LogP contribution in [0, 0.1) is 5.41 Å². The molecule has 30 heavy (non-hydrogen) atoms. The number of nitrogens with zero attached hydrogens (tertiary/aromatic N) is 2. The van der Waals surface area contributed by atoms with E-state index < -0.39 is 16.9 Å². The Morgan fingerprint density at radius 3 is 2.57 bits per heavy atom. The number of ketones is 1. The van der Waals surface area contributed by atoms with E-state index in [2.05, 4.69) is 5.16 Å². The van der Waals surface area contributed by atoms with Crippen LogP contribution in [0.25, 0.3) is 0 Å². The fourth-order valence-corrected chi connectivity index (χ4v) is 5.13. The highest BCUT2D eigenvalue weighted by Crippen LogP contribution is 2.47. The summed E-state index contributed by atoms with van der Waals surface area (Å²) in [5, 5.41) is 4.27. The SMILES string of the molecule is CC1(C)C(=O)N(Cc2ccccc2)C2(CC(C3COC4(CCCCC4)O3)=NO2)C1=O. The van der Waals surface area contributed by atoms with Crippen LogP contribution in [0.5, 0.6) is 0 Å². The monoisotopic (exact) mass is 412 g/mol. The van der Waals surface area contributed by atoms with E-state index in [1.807, 2.05) is 30.3 Å². The third-order valence-corrected chi connectivity index (χ3v) is 6.90. The van der Waals surface area contributed by atoms with E-state index in [1.54, 1.807) is 18.7 Å². The lowest BCUT2D eigenvalue weighted by atomic mass is 9.85. The molecule has 4 aliphatic rings. The van der Waals surface area contributed by atoms with Crippen molar-refractivity contribution in [3.05, 3.63) is 35.9 Å². The summed E-state index contributed by atoms with van der Waals surface area (Å²) in [6.07, 6.45) is 5.02. The quantitative estimate of drug-likeness (QED) is 0.713. The summed E-state index contributed by atoms with van der Waals surface area (Å²) in [5.74, 6) is -1.01. The first-order valence-electron chi connectivity index (χ1n) is 10.8. The van der Waals surface area contributed by atoms with Gasteiger partial charge in [-0.1, -0.05) is 41.9 Å². The smallest absolute Gasteiger partial charge is 0.277 e. The molecule has 2 unspecified atom stereocenters. The molecule has 1 aliphatic carbocycles. The van der Waals surface area contributed by atoms with Gasteiger partial charge in [-0.2, -0.15) is 0 Å². The van der Waals surface area contributed by atoms with Crippen molar-refractivity contribution in [3.8, 4) is 0 Å². The van der Waals surface area contributed by atoms with Crippen LogP contribution in [-0.2, 0) is 30.4 Å². The van der Waals surface area contributed by atoms with E-state index >= 15 is 0 Å². The predicted molar refractivity (Wildman–Crippen MR) is 108 cm³/mol. The molecule has 1 saturated carbocycles. The number of Topliss-reactive ketones (excluding diaryl/α,β-unsaturated/α-hetero) is 1. The molecule has 0 radical (unpaired) electrons. The third-order valence-electron chi connectivity index (χ3n) is 6.90. The molecule has 2 spiro atoms. The molecule has 3 heterocycles. The molecule has 2 atom stereocenters. The van der Waals surface area contributed by atoms with Crippen LogP contribution < -0.4 is 0 Å². The summed E-state index contributed by atoms with van der Waals surface area (Å²) in [5.41, 5.74) is -0.974. The van der Waals surface area contributed by atoms with Crippen molar-refractivity contribution < 1.29 is 23.9 Å². The van der Waals surface area contributed by atoms with Crippen LogP contribution in [0.2, 0.25) is 0 Å². The predicted octanol–water partition coefficient (Wildman–Crippen LogP) is 3.17. The summed E-state index contributed by atoms with van der Waals surface area (Å²) in [6, 6.07) is 9.63. The van der Waals surface area contributed by atoms with Crippen LogP contribution >= 0.6 is 0 Å². The van der Waals surface area contributed by atoms with E-state index in [9.17, 15) is 9.59 Å². The van der Waals surface area contributed by atoms with E-state index in [4.69, 9.17) is 14.3 Å². The Hall–Kier alpha value is -2.25. The molecule has 0 N–H and O–H groups in total. The third kappa shape index (κ3) is 2.90. The maximum absolute atomic E-state index is 13.4. The van der Waals surface area contributed by atoms with Crippen LogP contribution in [0.1, 0.15) is 57.9 Å². The van der Waals surface area contributed by atoms with Crippen molar-refractivity contribution in [2.24, 2.45) is 10.6 Å². The Balaban J connectivity index is 1.39. The number of carbonyl (C=O) groups is 2. The highest BCUT2D eigenvalue weighted by atomic mass is 16.7. The first kappa shape index (κ1) is 19.7. The first-order valence-corrected chi connectivity index (χ1v) is 10.8.